The van der Waals surface area contributed by atoms with Gasteiger partial charge in [0.25, 0.3) is 0 Å². The van der Waals surface area contributed by atoms with Crippen molar-refractivity contribution >= 4 is 41.2 Å². The largest absolute Gasteiger partial charge is 0.468 e. The second kappa shape index (κ2) is 11.6. The first kappa shape index (κ1) is 26.5. The number of hydrogen-bond acceptors (Lipinski definition) is 8. The summed E-state index contributed by atoms with van der Waals surface area (Å²) in [5.74, 6) is -4.68. The first-order valence-corrected chi connectivity index (χ1v) is 11.9. The molecule has 0 radical (unpaired) electrons. The molecule has 9 nitrogen and oxygen atoms in total. The highest BCUT2D eigenvalue weighted by atomic mass is 32.2. The van der Waals surface area contributed by atoms with Crippen molar-refractivity contribution < 1.29 is 28.7 Å². The standard InChI is InChI=1S/C26H25N3O6S/c1-14-6-5-7-19(15(14)2)28-20(30)13-36-24-18(12-27)21(22(23(31)29-24)26(33)35-4)16-8-10-17(11-9-16)25(32)34-3/h5-11,21-22H,13H2,1-4H3,(H,28,30)(H,29,31)/t21-,22-/m0/s1. The van der Waals surface area contributed by atoms with E-state index in [0.29, 0.717) is 11.3 Å². The quantitative estimate of drug-likeness (QED) is 0.431. The van der Waals surface area contributed by atoms with E-state index < -0.39 is 29.7 Å². The molecular weight excluding hydrogens is 482 g/mol. The number of amides is 2. The van der Waals surface area contributed by atoms with Crippen LogP contribution in [-0.4, -0.2) is 43.7 Å². The Morgan fingerprint density at radius 3 is 2.39 bits per heavy atom. The van der Waals surface area contributed by atoms with Crippen LogP contribution in [0.15, 0.2) is 53.1 Å². The predicted octanol–water partition coefficient (Wildman–Crippen LogP) is 3.20. The number of nitrogens with zero attached hydrogens (tertiary/aromatic N) is 1. The molecule has 0 saturated carbocycles. The van der Waals surface area contributed by atoms with Gasteiger partial charge >= 0.3 is 11.9 Å². The lowest BCUT2D eigenvalue weighted by Crippen LogP contribution is -2.44. The second-order valence-corrected chi connectivity index (χ2v) is 9.01. The number of benzene rings is 2. The van der Waals surface area contributed by atoms with Crippen molar-refractivity contribution in [2.24, 2.45) is 5.92 Å². The molecule has 2 amide bonds. The molecule has 36 heavy (non-hydrogen) atoms. The molecule has 0 aromatic heterocycles. The van der Waals surface area contributed by atoms with Crippen molar-refractivity contribution in [3.05, 3.63) is 75.3 Å². The smallest absolute Gasteiger partial charge is 0.337 e. The summed E-state index contributed by atoms with van der Waals surface area (Å²) in [6.45, 7) is 3.84. The van der Waals surface area contributed by atoms with Crippen molar-refractivity contribution in [2.75, 3.05) is 25.3 Å². The molecule has 3 rings (SSSR count). The Kier molecular flexibility index (Phi) is 8.51. The van der Waals surface area contributed by atoms with Crippen LogP contribution in [0, 0.1) is 31.1 Å². The van der Waals surface area contributed by atoms with Crippen LogP contribution >= 0.6 is 11.8 Å². The number of hydrogen-bond donors (Lipinski definition) is 2. The number of ether oxygens (including phenoxy) is 2. The molecule has 2 aromatic carbocycles. The summed E-state index contributed by atoms with van der Waals surface area (Å²) in [6, 6.07) is 13.7. The minimum atomic E-state index is -1.32. The van der Waals surface area contributed by atoms with Crippen LogP contribution in [0.2, 0.25) is 0 Å². The summed E-state index contributed by atoms with van der Waals surface area (Å²) in [7, 11) is 2.41. The lowest BCUT2D eigenvalue weighted by atomic mass is 9.78. The molecule has 0 aliphatic carbocycles. The van der Waals surface area contributed by atoms with E-state index in [2.05, 4.69) is 16.7 Å². The number of methoxy groups -OCH3 is 2. The van der Waals surface area contributed by atoms with Crippen LogP contribution in [0.5, 0.6) is 0 Å². The SMILES string of the molecule is COC(=O)c1ccc([C@H]2C(C#N)=C(SCC(=O)Nc3cccc(C)c3C)NC(=O)[C@H]2C(=O)OC)cc1. The van der Waals surface area contributed by atoms with Gasteiger partial charge in [0.2, 0.25) is 11.8 Å². The molecule has 1 aliphatic rings. The Balaban J connectivity index is 1.92. The van der Waals surface area contributed by atoms with Crippen LogP contribution in [0.25, 0.3) is 0 Å². The van der Waals surface area contributed by atoms with Gasteiger partial charge in [0.1, 0.15) is 5.92 Å². The van der Waals surface area contributed by atoms with Crippen molar-refractivity contribution in [2.45, 2.75) is 19.8 Å². The third-order valence-corrected chi connectivity index (χ3v) is 6.92. The average molecular weight is 508 g/mol. The van der Waals surface area contributed by atoms with Gasteiger partial charge in [-0.2, -0.15) is 5.26 Å². The summed E-state index contributed by atoms with van der Waals surface area (Å²) in [5.41, 5.74) is 3.50. The fourth-order valence-corrected chi connectivity index (χ4v) is 4.68. The maximum atomic E-state index is 12.9. The average Bonchev–Trinajstić information content (AvgIpc) is 2.88. The van der Waals surface area contributed by atoms with Crippen molar-refractivity contribution in [1.82, 2.24) is 5.32 Å². The third-order valence-electron chi connectivity index (χ3n) is 5.90. The number of allylic oxidation sites excluding steroid dienone is 1. The normalized spacial score (nSPS) is 17.0. The molecule has 0 unspecified atom stereocenters. The summed E-state index contributed by atoms with van der Waals surface area (Å²) < 4.78 is 9.53. The van der Waals surface area contributed by atoms with Gasteiger partial charge in [0.15, 0.2) is 0 Å². The summed E-state index contributed by atoms with van der Waals surface area (Å²) >= 11 is 0.990. The molecule has 2 aromatic rings. The van der Waals surface area contributed by atoms with Crippen molar-refractivity contribution in [1.29, 1.82) is 5.26 Å². The van der Waals surface area contributed by atoms with Crippen LogP contribution in [0.1, 0.15) is 33.0 Å². The van der Waals surface area contributed by atoms with E-state index in [1.165, 1.54) is 19.2 Å². The van der Waals surface area contributed by atoms with Crippen LogP contribution in [0.4, 0.5) is 5.69 Å². The second-order valence-electron chi connectivity index (χ2n) is 8.02. The summed E-state index contributed by atoms with van der Waals surface area (Å²) in [4.78, 5) is 49.9. The monoisotopic (exact) mass is 507 g/mol. The molecule has 0 fully saturated rings. The molecule has 0 spiro atoms. The number of carbonyl (C=O) groups is 4. The van der Waals surface area contributed by atoms with Gasteiger partial charge in [-0.15, -0.1) is 0 Å². The number of aryl methyl sites for hydroxylation is 1. The van der Waals surface area contributed by atoms with Crippen molar-refractivity contribution in [3.8, 4) is 6.07 Å². The minimum Gasteiger partial charge on any atom is -0.468 e. The number of thioether (sulfide) groups is 1. The third kappa shape index (κ3) is 5.58. The van der Waals surface area contributed by atoms with Crippen molar-refractivity contribution in [3.63, 3.8) is 0 Å². The van der Waals surface area contributed by atoms with Gasteiger partial charge in [-0.3, -0.25) is 14.4 Å². The highest BCUT2D eigenvalue weighted by Crippen LogP contribution is 2.40. The van der Waals surface area contributed by atoms with E-state index in [9.17, 15) is 24.4 Å². The topological polar surface area (TPSA) is 135 Å². The zero-order valence-electron chi connectivity index (χ0n) is 20.2. The molecular formula is C26H25N3O6S. The molecule has 0 bridgehead atoms. The van der Waals surface area contributed by atoms with E-state index in [-0.39, 0.29) is 27.8 Å². The number of carbonyl (C=O) groups excluding carboxylic acids is 4. The van der Waals surface area contributed by atoms with Crippen LogP contribution in [-0.2, 0) is 23.9 Å². The zero-order valence-corrected chi connectivity index (χ0v) is 21.0. The van der Waals surface area contributed by atoms with E-state index in [1.54, 1.807) is 18.2 Å². The first-order valence-electron chi connectivity index (χ1n) is 10.9. The fraction of sp³-hybridized carbons (Fsp3) is 0.269. The maximum absolute atomic E-state index is 12.9. The molecule has 10 heteroatoms. The highest BCUT2D eigenvalue weighted by Gasteiger charge is 2.44. The van der Waals surface area contributed by atoms with E-state index >= 15 is 0 Å². The van der Waals surface area contributed by atoms with Gasteiger partial charge in [0, 0.05) is 11.6 Å². The lowest BCUT2D eigenvalue weighted by molar-refractivity contribution is -0.150. The molecule has 186 valence electrons. The van der Waals surface area contributed by atoms with E-state index in [0.717, 1.165) is 30.0 Å². The predicted molar refractivity (Wildman–Crippen MR) is 134 cm³/mol. The highest BCUT2D eigenvalue weighted by molar-refractivity contribution is 8.03. The maximum Gasteiger partial charge on any atom is 0.337 e. The Hall–Kier alpha value is -4.10. The number of esters is 2. The molecule has 1 aliphatic heterocycles. The van der Waals surface area contributed by atoms with Crippen LogP contribution < -0.4 is 10.6 Å². The van der Waals surface area contributed by atoms with E-state index in [4.69, 9.17) is 9.47 Å². The van der Waals surface area contributed by atoms with Gasteiger partial charge in [-0.25, -0.2) is 4.79 Å². The number of nitrogens with one attached hydrogen (secondary N) is 2. The number of rotatable bonds is 7. The Bertz CT molecular complexity index is 1280. The minimum absolute atomic E-state index is 0.0783. The number of nitriles is 1. The Morgan fingerprint density at radius 2 is 1.78 bits per heavy atom. The fourth-order valence-electron chi connectivity index (χ4n) is 3.83. The Labute approximate surface area is 212 Å². The van der Waals surface area contributed by atoms with Gasteiger partial charge in [-0.1, -0.05) is 36.0 Å². The van der Waals surface area contributed by atoms with Crippen LogP contribution in [0.3, 0.4) is 0 Å². The molecule has 2 N–H and O–H groups in total. The van der Waals surface area contributed by atoms with E-state index in [1.807, 2.05) is 26.0 Å². The number of anilines is 1. The summed E-state index contributed by atoms with van der Waals surface area (Å²) in [5, 5.41) is 15.6. The van der Waals surface area contributed by atoms with Gasteiger partial charge in [-0.05, 0) is 48.7 Å². The van der Waals surface area contributed by atoms with Gasteiger partial charge in [0.05, 0.1) is 42.2 Å². The summed E-state index contributed by atoms with van der Waals surface area (Å²) in [6.07, 6.45) is 0. The lowest BCUT2D eigenvalue weighted by Gasteiger charge is -2.31. The Morgan fingerprint density at radius 1 is 1.08 bits per heavy atom. The van der Waals surface area contributed by atoms with Gasteiger partial charge < -0.3 is 20.1 Å². The molecule has 2 atom stereocenters. The zero-order chi connectivity index (χ0) is 26.4. The molecule has 1 heterocycles. The first-order chi connectivity index (χ1) is 17.2. The molecule has 0 saturated heterocycles.